The minimum absolute atomic E-state index is 0.273. The summed E-state index contributed by atoms with van der Waals surface area (Å²) in [5.74, 6) is 1.98. The quantitative estimate of drug-likeness (QED) is 0.763. The van der Waals surface area contributed by atoms with Gasteiger partial charge in [0, 0.05) is 25.6 Å². The molecule has 1 unspecified atom stereocenters. The summed E-state index contributed by atoms with van der Waals surface area (Å²) in [6.45, 7) is 4.62. The normalized spacial score (nSPS) is 17.1. The maximum atomic E-state index is 5.80. The largest absolute Gasteiger partial charge is 0.496 e. The fourth-order valence-corrected chi connectivity index (χ4v) is 2.39. The molecule has 0 fully saturated rings. The van der Waals surface area contributed by atoms with Crippen molar-refractivity contribution in [3.63, 3.8) is 0 Å². The van der Waals surface area contributed by atoms with Crippen LogP contribution in [0.3, 0.4) is 0 Å². The van der Waals surface area contributed by atoms with Crippen LogP contribution in [0.1, 0.15) is 18.1 Å². The van der Waals surface area contributed by atoms with Crippen LogP contribution in [0.2, 0.25) is 0 Å². The minimum atomic E-state index is 0.273. The zero-order valence-electron chi connectivity index (χ0n) is 12.0. The zero-order valence-corrected chi connectivity index (χ0v) is 12.0. The number of ether oxygens (including phenoxy) is 3. The van der Waals surface area contributed by atoms with Crippen molar-refractivity contribution in [1.29, 1.82) is 0 Å². The molecule has 1 heterocycles. The van der Waals surface area contributed by atoms with Crippen LogP contribution >= 0.6 is 0 Å². The molecular formula is C15H23NO3. The molecule has 0 saturated carbocycles. The third-order valence-corrected chi connectivity index (χ3v) is 3.35. The SMILES string of the molecule is COCCNCCc1cc2c(cc1OC)CC(C)O2. The molecule has 0 aliphatic carbocycles. The number of rotatable bonds is 7. The molecule has 0 spiro atoms. The molecule has 4 heteroatoms. The monoisotopic (exact) mass is 265 g/mol. The highest BCUT2D eigenvalue weighted by molar-refractivity contribution is 5.48. The van der Waals surface area contributed by atoms with Gasteiger partial charge in [0.1, 0.15) is 17.6 Å². The second-order valence-corrected chi connectivity index (χ2v) is 4.90. The highest BCUT2D eigenvalue weighted by Crippen LogP contribution is 2.35. The van der Waals surface area contributed by atoms with Gasteiger partial charge in [0.25, 0.3) is 0 Å². The smallest absolute Gasteiger partial charge is 0.123 e. The van der Waals surface area contributed by atoms with Crippen molar-refractivity contribution in [2.75, 3.05) is 33.9 Å². The fourth-order valence-electron chi connectivity index (χ4n) is 2.39. The summed E-state index contributed by atoms with van der Waals surface area (Å²) < 4.78 is 16.3. The molecule has 106 valence electrons. The molecule has 2 rings (SSSR count). The maximum Gasteiger partial charge on any atom is 0.123 e. The van der Waals surface area contributed by atoms with E-state index in [0.29, 0.717) is 0 Å². The Balaban J connectivity index is 1.98. The van der Waals surface area contributed by atoms with Crippen molar-refractivity contribution in [3.05, 3.63) is 23.3 Å². The first-order valence-corrected chi connectivity index (χ1v) is 6.80. The van der Waals surface area contributed by atoms with E-state index in [-0.39, 0.29) is 6.10 Å². The Morgan fingerprint density at radius 3 is 2.89 bits per heavy atom. The standard InChI is InChI=1S/C15H23NO3/c1-11-8-13-10-14(18-3)12(9-15(13)19-11)4-5-16-6-7-17-2/h9-11,16H,4-8H2,1-3H3. The van der Waals surface area contributed by atoms with E-state index >= 15 is 0 Å². The van der Waals surface area contributed by atoms with Crippen molar-refractivity contribution in [2.24, 2.45) is 0 Å². The number of fused-ring (bicyclic) bond motifs is 1. The van der Waals surface area contributed by atoms with Gasteiger partial charge >= 0.3 is 0 Å². The first-order chi connectivity index (χ1) is 9.24. The molecule has 1 aliphatic rings. The molecular weight excluding hydrogens is 242 g/mol. The molecule has 1 N–H and O–H groups in total. The predicted octanol–water partition coefficient (Wildman–Crippen LogP) is 1.80. The first-order valence-electron chi connectivity index (χ1n) is 6.80. The lowest BCUT2D eigenvalue weighted by atomic mass is 10.0. The summed E-state index contributed by atoms with van der Waals surface area (Å²) in [5, 5.41) is 3.34. The number of nitrogens with one attached hydrogen (secondary N) is 1. The average Bonchev–Trinajstić information content (AvgIpc) is 2.76. The van der Waals surface area contributed by atoms with E-state index in [1.54, 1.807) is 14.2 Å². The van der Waals surface area contributed by atoms with Crippen LogP contribution in [0.25, 0.3) is 0 Å². The summed E-state index contributed by atoms with van der Waals surface area (Å²) >= 11 is 0. The van der Waals surface area contributed by atoms with Crippen LogP contribution in [0.4, 0.5) is 0 Å². The molecule has 0 amide bonds. The maximum absolute atomic E-state index is 5.80. The molecule has 0 radical (unpaired) electrons. The van der Waals surface area contributed by atoms with Gasteiger partial charge in [-0.1, -0.05) is 0 Å². The van der Waals surface area contributed by atoms with Crippen molar-refractivity contribution < 1.29 is 14.2 Å². The molecule has 0 aromatic heterocycles. The third-order valence-electron chi connectivity index (χ3n) is 3.35. The molecule has 1 aromatic rings. The van der Waals surface area contributed by atoms with Crippen LogP contribution in [0.15, 0.2) is 12.1 Å². The summed E-state index contributed by atoms with van der Waals surface area (Å²) in [7, 11) is 3.44. The van der Waals surface area contributed by atoms with E-state index in [1.165, 1.54) is 11.1 Å². The number of methoxy groups -OCH3 is 2. The predicted molar refractivity (Wildman–Crippen MR) is 75.2 cm³/mol. The fraction of sp³-hybridized carbons (Fsp3) is 0.600. The van der Waals surface area contributed by atoms with Gasteiger partial charge in [0.15, 0.2) is 0 Å². The van der Waals surface area contributed by atoms with Gasteiger partial charge in [-0.05, 0) is 37.6 Å². The number of hydrogen-bond donors (Lipinski definition) is 1. The van der Waals surface area contributed by atoms with Crippen molar-refractivity contribution >= 4 is 0 Å². The highest BCUT2D eigenvalue weighted by Gasteiger charge is 2.21. The lowest BCUT2D eigenvalue weighted by Crippen LogP contribution is -2.21. The highest BCUT2D eigenvalue weighted by atomic mass is 16.5. The molecule has 1 aromatic carbocycles. The van der Waals surface area contributed by atoms with Gasteiger partial charge in [0.05, 0.1) is 13.7 Å². The van der Waals surface area contributed by atoms with E-state index in [1.807, 2.05) is 0 Å². The molecule has 1 aliphatic heterocycles. The van der Waals surface area contributed by atoms with Crippen LogP contribution < -0.4 is 14.8 Å². The van der Waals surface area contributed by atoms with Crippen molar-refractivity contribution in [1.82, 2.24) is 5.32 Å². The van der Waals surface area contributed by atoms with E-state index < -0.39 is 0 Å². The Morgan fingerprint density at radius 1 is 1.32 bits per heavy atom. The van der Waals surface area contributed by atoms with E-state index in [4.69, 9.17) is 14.2 Å². The summed E-state index contributed by atoms with van der Waals surface area (Å²) in [5.41, 5.74) is 2.45. The first kappa shape index (κ1) is 14.2. The van der Waals surface area contributed by atoms with Crippen molar-refractivity contribution in [3.8, 4) is 11.5 Å². The Labute approximate surface area is 115 Å². The molecule has 0 bridgehead atoms. The van der Waals surface area contributed by atoms with Gasteiger partial charge in [-0.2, -0.15) is 0 Å². The van der Waals surface area contributed by atoms with Crippen LogP contribution in [-0.4, -0.2) is 40.0 Å². The van der Waals surface area contributed by atoms with Crippen molar-refractivity contribution in [2.45, 2.75) is 25.9 Å². The minimum Gasteiger partial charge on any atom is -0.496 e. The second-order valence-electron chi connectivity index (χ2n) is 4.90. The Morgan fingerprint density at radius 2 is 2.16 bits per heavy atom. The average molecular weight is 265 g/mol. The van der Waals surface area contributed by atoms with Crippen LogP contribution in [-0.2, 0) is 17.6 Å². The third kappa shape index (κ3) is 3.61. The Hall–Kier alpha value is -1.26. The summed E-state index contributed by atoms with van der Waals surface area (Å²) in [6.07, 6.45) is 2.17. The van der Waals surface area contributed by atoms with Crippen LogP contribution in [0, 0.1) is 0 Å². The number of hydrogen-bond acceptors (Lipinski definition) is 4. The van der Waals surface area contributed by atoms with Gasteiger partial charge in [-0.15, -0.1) is 0 Å². The van der Waals surface area contributed by atoms with Gasteiger partial charge in [0.2, 0.25) is 0 Å². The van der Waals surface area contributed by atoms with Gasteiger partial charge in [-0.3, -0.25) is 0 Å². The van der Waals surface area contributed by atoms with Gasteiger partial charge < -0.3 is 19.5 Å². The molecule has 19 heavy (non-hydrogen) atoms. The molecule has 4 nitrogen and oxygen atoms in total. The lowest BCUT2D eigenvalue weighted by molar-refractivity contribution is 0.199. The Kier molecular flexibility index (Phi) is 5.05. The molecule has 0 saturated heterocycles. The second kappa shape index (κ2) is 6.78. The van der Waals surface area contributed by atoms with E-state index in [9.17, 15) is 0 Å². The summed E-state index contributed by atoms with van der Waals surface area (Å²) in [6, 6.07) is 4.24. The summed E-state index contributed by atoms with van der Waals surface area (Å²) in [4.78, 5) is 0. The number of benzene rings is 1. The van der Waals surface area contributed by atoms with Crippen LogP contribution in [0.5, 0.6) is 11.5 Å². The zero-order chi connectivity index (χ0) is 13.7. The lowest BCUT2D eigenvalue weighted by Gasteiger charge is -2.11. The Bertz CT molecular complexity index is 420. The molecule has 1 atom stereocenters. The van der Waals surface area contributed by atoms with E-state index in [2.05, 4.69) is 24.4 Å². The topological polar surface area (TPSA) is 39.7 Å². The van der Waals surface area contributed by atoms with E-state index in [0.717, 1.165) is 44.0 Å². The van der Waals surface area contributed by atoms with Gasteiger partial charge in [-0.25, -0.2) is 0 Å².